The zero-order valence-electron chi connectivity index (χ0n) is 11.5. The Kier molecular flexibility index (Phi) is 3.42. The summed E-state index contributed by atoms with van der Waals surface area (Å²) in [6.45, 7) is 2.07. The highest BCUT2D eigenvalue weighted by Gasteiger charge is 2.50. The van der Waals surface area contributed by atoms with Crippen LogP contribution < -0.4 is 5.32 Å². The van der Waals surface area contributed by atoms with Crippen molar-refractivity contribution in [1.29, 1.82) is 0 Å². The summed E-state index contributed by atoms with van der Waals surface area (Å²) in [6, 6.07) is 11.4. The lowest BCUT2D eigenvalue weighted by atomic mass is 9.86. The zero-order chi connectivity index (χ0) is 13.3. The molecule has 3 rings (SSSR count). The van der Waals surface area contributed by atoms with Gasteiger partial charge < -0.3 is 5.32 Å². The summed E-state index contributed by atoms with van der Waals surface area (Å²) in [5, 5.41) is 6.92. The van der Waals surface area contributed by atoms with Crippen molar-refractivity contribution in [2.45, 2.75) is 37.6 Å². The number of aryl methyl sites for hydroxylation is 1. The van der Waals surface area contributed by atoms with Gasteiger partial charge in [-0.3, -0.25) is 0 Å². The van der Waals surface area contributed by atoms with Gasteiger partial charge in [-0.2, -0.15) is 0 Å². The van der Waals surface area contributed by atoms with E-state index in [0.29, 0.717) is 11.5 Å². The molecule has 2 nitrogen and oxygen atoms in total. The van der Waals surface area contributed by atoms with E-state index in [2.05, 4.69) is 60.0 Å². The maximum absolute atomic E-state index is 4.61. The van der Waals surface area contributed by atoms with E-state index >= 15 is 0 Å². The number of benzene rings is 1. The van der Waals surface area contributed by atoms with Gasteiger partial charge in [0.05, 0.1) is 5.01 Å². The van der Waals surface area contributed by atoms with Gasteiger partial charge in [0.2, 0.25) is 0 Å². The molecule has 1 heterocycles. The normalized spacial score (nSPS) is 18.2. The van der Waals surface area contributed by atoms with Crippen LogP contribution in [0.15, 0.2) is 35.7 Å². The van der Waals surface area contributed by atoms with Crippen LogP contribution in [0.3, 0.4) is 0 Å². The van der Waals surface area contributed by atoms with Gasteiger partial charge in [-0.05, 0) is 32.4 Å². The lowest BCUT2D eigenvalue weighted by molar-refractivity contribution is 0.442. The van der Waals surface area contributed by atoms with Crippen molar-refractivity contribution in [2.75, 3.05) is 7.05 Å². The minimum absolute atomic E-state index is 0.329. The van der Waals surface area contributed by atoms with E-state index < -0.39 is 0 Å². The Balaban J connectivity index is 1.82. The van der Waals surface area contributed by atoms with Crippen LogP contribution in [0.1, 0.15) is 29.1 Å². The molecule has 0 spiro atoms. The van der Waals surface area contributed by atoms with Crippen molar-refractivity contribution < 1.29 is 0 Å². The number of likely N-dealkylation sites (N-methyl/N-ethyl adjacent to an activating group) is 1. The first kappa shape index (κ1) is 12.8. The number of rotatable bonds is 5. The molecule has 0 saturated heterocycles. The van der Waals surface area contributed by atoms with E-state index in [9.17, 15) is 0 Å². The largest absolute Gasteiger partial charge is 0.316 e. The lowest BCUT2D eigenvalue weighted by Gasteiger charge is -2.26. The summed E-state index contributed by atoms with van der Waals surface area (Å²) >= 11 is 1.78. The zero-order valence-corrected chi connectivity index (χ0v) is 12.3. The SMILES string of the molecule is CNC(Cc1nc(C)cs1)C1(c2ccccc2)CC1. The molecule has 1 aromatic heterocycles. The van der Waals surface area contributed by atoms with Crippen molar-refractivity contribution >= 4 is 11.3 Å². The molecule has 1 aromatic carbocycles. The molecule has 1 atom stereocenters. The lowest BCUT2D eigenvalue weighted by Crippen LogP contribution is -2.39. The van der Waals surface area contributed by atoms with Crippen LogP contribution in [0.4, 0.5) is 0 Å². The van der Waals surface area contributed by atoms with E-state index in [1.807, 2.05) is 0 Å². The Morgan fingerprint density at radius 1 is 1.32 bits per heavy atom. The first-order chi connectivity index (χ1) is 9.24. The second-order valence-electron chi connectivity index (χ2n) is 5.45. The second-order valence-corrected chi connectivity index (χ2v) is 6.39. The van der Waals surface area contributed by atoms with Gasteiger partial charge in [0.1, 0.15) is 0 Å². The fourth-order valence-corrected chi connectivity index (χ4v) is 3.81. The predicted octanol–water partition coefficient (Wildman–Crippen LogP) is 3.31. The molecule has 1 aliphatic carbocycles. The van der Waals surface area contributed by atoms with E-state index in [0.717, 1.165) is 12.1 Å². The monoisotopic (exact) mass is 272 g/mol. The van der Waals surface area contributed by atoms with Gasteiger partial charge in [-0.1, -0.05) is 30.3 Å². The molecule has 100 valence electrons. The molecule has 1 unspecified atom stereocenters. The van der Waals surface area contributed by atoms with Gasteiger partial charge >= 0.3 is 0 Å². The summed E-state index contributed by atoms with van der Waals surface area (Å²) in [7, 11) is 2.08. The van der Waals surface area contributed by atoms with E-state index in [-0.39, 0.29) is 0 Å². The summed E-state index contributed by atoms with van der Waals surface area (Å²) in [6.07, 6.45) is 3.60. The molecule has 1 saturated carbocycles. The molecule has 1 fully saturated rings. The van der Waals surface area contributed by atoms with Crippen LogP contribution in [0.2, 0.25) is 0 Å². The van der Waals surface area contributed by atoms with Crippen LogP contribution in [-0.4, -0.2) is 18.1 Å². The molecule has 0 radical (unpaired) electrons. The minimum Gasteiger partial charge on any atom is -0.316 e. The van der Waals surface area contributed by atoms with Crippen LogP contribution in [0.25, 0.3) is 0 Å². The Morgan fingerprint density at radius 3 is 2.58 bits per heavy atom. The maximum atomic E-state index is 4.61. The van der Waals surface area contributed by atoms with Gasteiger partial charge in [0.25, 0.3) is 0 Å². The molecule has 2 aromatic rings. The van der Waals surface area contributed by atoms with E-state index in [4.69, 9.17) is 0 Å². The van der Waals surface area contributed by atoms with Gasteiger partial charge in [-0.15, -0.1) is 11.3 Å². The number of hydrogen-bond donors (Lipinski definition) is 1. The number of aromatic nitrogens is 1. The molecule has 0 bridgehead atoms. The molecule has 1 N–H and O–H groups in total. The Hall–Kier alpha value is -1.19. The van der Waals surface area contributed by atoms with Gasteiger partial charge in [-0.25, -0.2) is 4.98 Å². The molecular weight excluding hydrogens is 252 g/mol. The van der Waals surface area contributed by atoms with Crippen LogP contribution in [0.5, 0.6) is 0 Å². The van der Waals surface area contributed by atoms with Crippen molar-refractivity contribution in [3.8, 4) is 0 Å². The van der Waals surface area contributed by atoms with Crippen molar-refractivity contribution in [2.24, 2.45) is 0 Å². The fraction of sp³-hybridized carbons (Fsp3) is 0.438. The van der Waals surface area contributed by atoms with Crippen LogP contribution >= 0.6 is 11.3 Å². The van der Waals surface area contributed by atoms with E-state index in [1.165, 1.54) is 23.4 Å². The fourth-order valence-electron chi connectivity index (χ4n) is 2.99. The number of hydrogen-bond acceptors (Lipinski definition) is 3. The van der Waals surface area contributed by atoms with Crippen LogP contribution in [0, 0.1) is 6.92 Å². The predicted molar refractivity (Wildman–Crippen MR) is 80.8 cm³/mol. The first-order valence-corrected chi connectivity index (χ1v) is 7.76. The standard InChI is InChI=1S/C16H20N2S/c1-12-11-19-15(18-12)10-14(17-2)16(8-9-16)13-6-4-3-5-7-13/h3-7,11,14,17H,8-10H2,1-2H3. The average molecular weight is 272 g/mol. The molecule has 0 aliphatic heterocycles. The van der Waals surface area contributed by atoms with E-state index in [1.54, 1.807) is 11.3 Å². The molecule has 0 amide bonds. The highest BCUT2D eigenvalue weighted by Crippen LogP contribution is 2.51. The van der Waals surface area contributed by atoms with Crippen molar-refractivity contribution in [1.82, 2.24) is 10.3 Å². The number of thiazole rings is 1. The molecule has 1 aliphatic rings. The van der Waals surface area contributed by atoms with Gasteiger partial charge in [0.15, 0.2) is 0 Å². The Morgan fingerprint density at radius 2 is 2.05 bits per heavy atom. The highest BCUT2D eigenvalue weighted by molar-refractivity contribution is 7.09. The molecular formula is C16H20N2S. The minimum atomic E-state index is 0.329. The average Bonchev–Trinajstić information content (AvgIpc) is 3.15. The Labute approximate surface area is 118 Å². The molecule has 19 heavy (non-hydrogen) atoms. The van der Waals surface area contributed by atoms with Crippen molar-refractivity contribution in [3.05, 3.63) is 52.0 Å². The van der Waals surface area contributed by atoms with Crippen LogP contribution in [-0.2, 0) is 11.8 Å². The topological polar surface area (TPSA) is 24.9 Å². The summed E-state index contributed by atoms with van der Waals surface area (Å²) in [4.78, 5) is 4.61. The highest BCUT2D eigenvalue weighted by atomic mass is 32.1. The molecule has 3 heteroatoms. The third-order valence-electron chi connectivity index (χ3n) is 4.20. The summed E-state index contributed by atoms with van der Waals surface area (Å²) in [5.41, 5.74) is 2.94. The quantitative estimate of drug-likeness (QED) is 0.903. The van der Waals surface area contributed by atoms with Crippen molar-refractivity contribution in [3.63, 3.8) is 0 Å². The number of nitrogens with one attached hydrogen (secondary N) is 1. The summed E-state index contributed by atoms with van der Waals surface area (Å²) in [5.74, 6) is 0. The second kappa shape index (κ2) is 5.06. The maximum Gasteiger partial charge on any atom is 0.0943 e. The van der Waals surface area contributed by atoms with Gasteiger partial charge in [0, 0.05) is 29.0 Å². The third-order valence-corrected chi connectivity index (χ3v) is 5.19. The summed E-state index contributed by atoms with van der Waals surface area (Å²) < 4.78 is 0. The third kappa shape index (κ3) is 2.45. The Bertz CT molecular complexity index is 543. The smallest absolute Gasteiger partial charge is 0.0943 e. The number of nitrogens with zero attached hydrogens (tertiary/aromatic N) is 1. The first-order valence-electron chi connectivity index (χ1n) is 6.88.